The van der Waals surface area contributed by atoms with Gasteiger partial charge in [0.25, 0.3) is 0 Å². The van der Waals surface area contributed by atoms with E-state index in [0.717, 1.165) is 11.8 Å². The fraction of sp³-hybridized carbons (Fsp3) is 0.273. The van der Waals surface area contributed by atoms with Crippen LogP contribution in [0.3, 0.4) is 0 Å². The minimum Gasteiger partial charge on any atom is -0.486 e. The summed E-state index contributed by atoms with van der Waals surface area (Å²) in [5.74, 6) is 0.105. The van der Waals surface area contributed by atoms with Crippen LogP contribution in [0.4, 0.5) is 36.3 Å². The van der Waals surface area contributed by atoms with Gasteiger partial charge in [0, 0.05) is 11.9 Å². The number of hydrogen-bond donors (Lipinski definition) is 2. The molecule has 3 aromatic rings. The number of alkyl halides is 3. The topological polar surface area (TPSA) is 59.1 Å². The number of ether oxygens (including phenoxy) is 1. The maximum atomic E-state index is 13.6. The zero-order chi connectivity index (χ0) is 21.9. The molecule has 0 atom stereocenters. The predicted octanol–water partition coefficient (Wildman–Crippen LogP) is 6.47. The molecule has 0 aliphatic rings. The molecule has 2 aromatic carbocycles. The average Bonchev–Trinajstić information content (AvgIpc) is 2.61. The van der Waals surface area contributed by atoms with Gasteiger partial charge in [-0.15, -0.1) is 0 Å². The Morgan fingerprint density at radius 3 is 2.33 bits per heavy atom. The van der Waals surface area contributed by atoms with Gasteiger partial charge in [-0.3, -0.25) is 0 Å². The third-order valence-electron chi connectivity index (χ3n) is 3.92. The molecular formula is C22H23F3N4O. The molecule has 0 fully saturated rings. The highest BCUT2D eigenvalue weighted by atomic mass is 19.4. The molecule has 8 heteroatoms. The molecule has 0 aliphatic carbocycles. The second-order valence-electron chi connectivity index (χ2n) is 7.78. The van der Waals surface area contributed by atoms with E-state index in [-0.39, 0.29) is 11.8 Å². The fourth-order valence-electron chi connectivity index (χ4n) is 2.71. The van der Waals surface area contributed by atoms with E-state index in [4.69, 9.17) is 4.74 Å². The van der Waals surface area contributed by atoms with Gasteiger partial charge in [-0.25, -0.2) is 4.98 Å². The lowest BCUT2D eigenvalue weighted by Gasteiger charge is -2.24. The number of aromatic nitrogens is 2. The van der Waals surface area contributed by atoms with Gasteiger partial charge in [-0.2, -0.15) is 18.2 Å². The van der Waals surface area contributed by atoms with Crippen molar-refractivity contribution >= 4 is 23.1 Å². The number of hydrogen-bond acceptors (Lipinski definition) is 5. The Morgan fingerprint density at radius 2 is 1.67 bits per heavy atom. The maximum Gasteiger partial charge on any atom is 0.421 e. The summed E-state index contributed by atoms with van der Waals surface area (Å²) in [4.78, 5) is 7.93. The Morgan fingerprint density at radius 1 is 0.933 bits per heavy atom. The predicted molar refractivity (Wildman–Crippen MR) is 112 cm³/mol. The van der Waals surface area contributed by atoms with E-state index >= 15 is 0 Å². The zero-order valence-electron chi connectivity index (χ0n) is 17.1. The molecule has 0 radical (unpaired) electrons. The molecule has 0 aliphatic heterocycles. The number of aryl methyl sites for hydroxylation is 1. The van der Waals surface area contributed by atoms with E-state index in [1.165, 1.54) is 0 Å². The Labute approximate surface area is 173 Å². The summed E-state index contributed by atoms with van der Waals surface area (Å²) in [6, 6.07) is 14.2. The van der Waals surface area contributed by atoms with Crippen LogP contribution in [0, 0.1) is 6.92 Å². The smallest absolute Gasteiger partial charge is 0.421 e. The Hall–Kier alpha value is -3.29. The normalized spacial score (nSPS) is 11.8. The van der Waals surface area contributed by atoms with Crippen molar-refractivity contribution in [3.63, 3.8) is 0 Å². The highest BCUT2D eigenvalue weighted by Gasteiger charge is 2.35. The lowest BCUT2D eigenvalue weighted by Crippen LogP contribution is -2.23. The first kappa shape index (κ1) is 21.4. The van der Waals surface area contributed by atoms with E-state index < -0.39 is 17.3 Å². The minimum absolute atomic E-state index is 0.0466. The van der Waals surface area contributed by atoms with Gasteiger partial charge in [-0.1, -0.05) is 24.3 Å². The maximum absolute atomic E-state index is 13.6. The SMILES string of the molecule is Cc1cccc(Nc2ncc(C(F)(F)F)c(Nc3ccccc3OC(C)(C)C)n2)c1. The number of nitrogens with zero attached hydrogens (tertiary/aromatic N) is 2. The van der Waals surface area contributed by atoms with Crippen LogP contribution < -0.4 is 15.4 Å². The van der Waals surface area contributed by atoms with Crippen molar-refractivity contribution in [3.05, 3.63) is 65.9 Å². The van der Waals surface area contributed by atoms with Crippen LogP contribution in [0.1, 0.15) is 31.9 Å². The van der Waals surface area contributed by atoms with Crippen LogP contribution in [-0.2, 0) is 6.18 Å². The number of para-hydroxylation sites is 2. The van der Waals surface area contributed by atoms with E-state index in [0.29, 0.717) is 17.1 Å². The fourth-order valence-corrected chi connectivity index (χ4v) is 2.71. The van der Waals surface area contributed by atoms with Gasteiger partial charge in [0.2, 0.25) is 5.95 Å². The van der Waals surface area contributed by atoms with Crippen molar-refractivity contribution < 1.29 is 17.9 Å². The van der Waals surface area contributed by atoms with Crippen LogP contribution in [0.15, 0.2) is 54.7 Å². The van der Waals surface area contributed by atoms with E-state index in [1.807, 2.05) is 45.9 Å². The molecule has 1 aromatic heterocycles. The lowest BCUT2D eigenvalue weighted by atomic mass is 10.2. The highest BCUT2D eigenvalue weighted by molar-refractivity contribution is 5.67. The molecule has 0 unspecified atom stereocenters. The van der Waals surface area contributed by atoms with Gasteiger partial charge in [-0.05, 0) is 57.5 Å². The van der Waals surface area contributed by atoms with E-state index in [2.05, 4.69) is 20.6 Å². The average molecular weight is 416 g/mol. The highest BCUT2D eigenvalue weighted by Crippen LogP contribution is 2.37. The van der Waals surface area contributed by atoms with Gasteiger partial charge in [0.1, 0.15) is 22.7 Å². The summed E-state index contributed by atoms with van der Waals surface area (Å²) in [6.45, 7) is 7.50. The van der Waals surface area contributed by atoms with Gasteiger partial charge in [0.05, 0.1) is 5.69 Å². The Bertz CT molecular complexity index is 1030. The molecule has 3 rings (SSSR count). The number of rotatable bonds is 5. The first-order valence-corrected chi connectivity index (χ1v) is 9.34. The van der Waals surface area contributed by atoms with Crippen molar-refractivity contribution in [1.29, 1.82) is 0 Å². The van der Waals surface area contributed by atoms with Crippen LogP contribution in [0.25, 0.3) is 0 Å². The number of halogens is 3. The summed E-state index contributed by atoms with van der Waals surface area (Å²) >= 11 is 0. The van der Waals surface area contributed by atoms with Crippen LogP contribution in [0.2, 0.25) is 0 Å². The van der Waals surface area contributed by atoms with Gasteiger partial charge < -0.3 is 15.4 Å². The largest absolute Gasteiger partial charge is 0.486 e. The first-order chi connectivity index (χ1) is 14.0. The monoisotopic (exact) mass is 416 g/mol. The molecule has 1 heterocycles. The summed E-state index contributed by atoms with van der Waals surface area (Å²) in [5, 5.41) is 5.71. The third-order valence-corrected chi connectivity index (χ3v) is 3.92. The molecule has 0 bridgehead atoms. The van der Waals surface area contributed by atoms with E-state index in [9.17, 15) is 13.2 Å². The van der Waals surface area contributed by atoms with Crippen molar-refractivity contribution in [2.75, 3.05) is 10.6 Å². The molecular weight excluding hydrogens is 393 g/mol. The first-order valence-electron chi connectivity index (χ1n) is 9.34. The quantitative estimate of drug-likeness (QED) is 0.499. The van der Waals surface area contributed by atoms with Gasteiger partial charge in [0.15, 0.2) is 0 Å². The van der Waals surface area contributed by atoms with Gasteiger partial charge >= 0.3 is 6.18 Å². The molecule has 5 nitrogen and oxygen atoms in total. The molecule has 0 saturated carbocycles. The summed E-state index contributed by atoms with van der Waals surface area (Å²) < 4.78 is 46.6. The van der Waals surface area contributed by atoms with Crippen molar-refractivity contribution in [3.8, 4) is 5.75 Å². The number of anilines is 4. The summed E-state index contributed by atoms with van der Waals surface area (Å²) in [6.07, 6.45) is -3.86. The molecule has 0 spiro atoms. The number of benzene rings is 2. The van der Waals surface area contributed by atoms with Crippen LogP contribution in [-0.4, -0.2) is 15.6 Å². The zero-order valence-corrected chi connectivity index (χ0v) is 17.1. The third kappa shape index (κ3) is 5.62. The summed E-state index contributed by atoms with van der Waals surface area (Å²) in [7, 11) is 0. The van der Waals surface area contributed by atoms with Crippen LogP contribution in [0.5, 0.6) is 5.75 Å². The van der Waals surface area contributed by atoms with Crippen molar-refractivity contribution in [2.45, 2.75) is 39.5 Å². The molecule has 0 saturated heterocycles. The molecule has 158 valence electrons. The Balaban J connectivity index is 1.98. The van der Waals surface area contributed by atoms with Crippen molar-refractivity contribution in [1.82, 2.24) is 9.97 Å². The molecule has 30 heavy (non-hydrogen) atoms. The Kier molecular flexibility index (Phi) is 5.87. The number of nitrogens with one attached hydrogen (secondary N) is 2. The molecule has 0 amide bonds. The lowest BCUT2D eigenvalue weighted by molar-refractivity contribution is -0.137. The molecule has 2 N–H and O–H groups in total. The van der Waals surface area contributed by atoms with Crippen LogP contribution >= 0.6 is 0 Å². The van der Waals surface area contributed by atoms with Crippen molar-refractivity contribution in [2.24, 2.45) is 0 Å². The standard InChI is InChI=1S/C22H23F3N4O/c1-14-8-7-9-15(12-14)27-20-26-13-16(22(23,24)25)19(29-20)28-17-10-5-6-11-18(17)30-21(2,3)4/h5-13H,1-4H3,(H2,26,27,28,29). The second kappa shape index (κ2) is 8.22. The second-order valence-corrected chi connectivity index (χ2v) is 7.78. The van der Waals surface area contributed by atoms with E-state index in [1.54, 1.807) is 30.3 Å². The minimum atomic E-state index is -4.62. The summed E-state index contributed by atoms with van der Waals surface area (Å²) in [5.41, 5.74) is 0.561.